The Hall–Kier alpha value is -3.13. The quantitative estimate of drug-likeness (QED) is 0.0907. The molecule has 4 N–H and O–H groups in total. The topological polar surface area (TPSA) is 168 Å². The van der Waals surface area contributed by atoms with Crippen LogP contribution in [0, 0.1) is 59.2 Å². The molecule has 4 aliphatic carbocycles. The van der Waals surface area contributed by atoms with E-state index in [0.717, 1.165) is 85.2 Å². The van der Waals surface area contributed by atoms with Crippen molar-refractivity contribution in [2.24, 2.45) is 52.3 Å². The number of rotatable bonds is 8. The van der Waals surface area contributed by atoms with Gasteiger partial charge in [0.1, 0.15) is 6.29 Å². The number of amides is 2. The zero-order valence-corrected chi connectivity index (χ0v) is 39.0. The number of aromatic amines is 1. The van der Waals surface area contributed by atoms with Crippen LogP contribution in [0.4, 0.5) is 0 Å². The SMILES string of the molecule is CO.Cc1nc2ccc(C(=O)NC(C)(C)C(=O)NC34CCC5I(CCC6C7(C)CCC(OC(=O)C8CC(C=O)C8C)C(C)C7CCC56C)C3=C(C(C)C)C(=O)C4)cc2[nH]1. The molecule has 12 heteroatoms. The first-order chi connectivity index (χ1) is 27.8. The first-order valence-corrected chi connectivity index (χ1v) is 25.8. The number of aliphatic hydroxyl groups is 1. The molecule has 2 aromatic rings. The number of nitrogens with one attached hydrogen (secondary N) is 3. The van der Waals surface area contributed by atoms with Gasteiger partial charge in [0.15, 0.2) is 0 Å². The third-order valence-electron chi connectivity index (χ3n) is 16.1. The van der Waals surface area contributed by atoms with Gasteiger partial charge in [0.05, 0.1) is 0 Å². The van der Waals surface area contributed by atoms with Crippen molar-refractivity contribution in [1.82, 2.24) is 20.6 Å². The molecule has 11 atom stereocenters. The number of aryl methyl sites for hydroxylation is 1. The van der Waals surface area contributed by atoms with E-state index in [1.54, 1.807) is 26.0 Å². The summed E-state index contributed by atoms with van der Waals surface area (Å²) in [5, 5.41) is 13.5. The number of H-pyrrole nitrogens is 1. The number of nitrogens with zero attached hydrogens (tertiary/aromatic N) is 1. The van der Waals surface area contributed by atoms with Gasteiger partial charge in [-0.1, -0.05) is 0 Å². The van der Waals surface area contributed by atoms with E-state index in [-0.39, 0.29) is 70.1 Å². The molecule has 0 radical (unpaired) electrons. The molecule has 5 fully saturated rings. The van der Waals surface area contributed by atoms with Crippen molar-refractivity contribution in [2.45, 2.75) is 141 Å². The number of hydrogen-bond acceptors (Lipinski definition) is 8. The van der Waals surface area contributed by atoms with Crippen molar-refractivity contribution in [3.63, 3.8) is 0 Å². The monoisotopic (exact) mass is 926 g/mol. The van der Waals surface area contributed by atoms with Crippen LogP contribution in [0.5, 0.6) is 0 Å². The van der Waals surface area contributed by atoms with Gasteiger partial charge < -0.3 is 9.90 Å². The zero-order chi connectivity index (χ0) is 43.0. The molecule has 0 spiro atoms. The van der Waals surface area contributed by atoms with Gasteiger partial charge in [0, 0.05) is 7.11 Å². The molecule has 11 unspecified atom stereocenters. The third kappa shape index (κ3) is 7.21. The van der Waals surface area contributed by atoms with Crippen LogP contribution in [-0.2, 0) is 23.9 Å². The fourth-order valence-corrected chi connectivity index (χ4v) is 23.3. The number of alkyl halides is 2. The molecule has 8 rings (SSSR count). The van der Waals surface area contributed by atoms with Crippen LogP contribution in [0.15, 0.2) is 27.4 Å². The molecule has 0 bridgehead atoms. The van der Waals surface area contributed by atoms with Gasteiger partial charge in [-0.15, -0.1) is 0 Å². The van der Waals surface area contributed by atoms with E-state index in [1.807, 2.05) is 19.9 Å². The summed E-state index contributed by atoms with van der Waals surface area (Å²) >= 11 is -1.98. The van der Waals surface area contributed by atoms with Crippen LogP contribution >= 0.6 is 19.8 Å². The summed E-state index contributed by atoms with van der Waals surface area (Å²) in [6.07, 6.45) is 8.93. The van der Waals surface area contributed by atoms with Crippen molar-refractivity contribution in [3.8, 4) is 0 Å². The van der Waals surface area contributed by atoms with Crippen molar-refractivity contribution >= 4 is 60.7 Å². The molecule has 11 nitrogen and oxygen atoms in total. The molecule has 324 valence electrons. The second kappa shape index (κ2) is 16.0. The summed E-state index contributed by atoms with van der Waals surface area (Å²) in [4.78, 5) is 74.3. The number of imidazole rings is 1. The minimum absolute atomic E-state index is 0.0280. The number of aliphatic hydroxyl groups excluding tert-OH is 1. The van der Waals surface area contributed by atoms with Crippen molar-refractivity contribution in [1.29, 1.82) is 0 Å². The van der Waals surface area contributed by atoms with E-state index in [4.69, 9.17) is 9.84 Å². The number of carbonyl (C=O) groups is 5. The molecule has 1 aromatic carbocycles. The molecule has 2 aliphatic heterocycles. The average molecular weight is 927 g/mol. The van der Waals surface area contributed by atoms with Crippen LogP contribution in [-0.4, -0.2) is 77.6 Å². The van der Waals surface area contributed by atoms with Crippen LogP contribution in [0.25, 0.3) is 11.0 Å². The summed E-state index contributed by atoms with van der Waals surface area (Å²) in [5.74, 6) is 1.53. The molecular formula is C47H67IN4O7. The number of benzene rings is 1. The zero-order valence-electron chi connectivity index (χ0n) is 36.8. The predicted octanol–water partition coefficient (Wildman–Crippen LogP) is 7.65. The molecule has 59 heavy (non-hydrogen) atoms. The maximum atomic E-state index is 14.4. The summed E-state index contributed by atoms with van der Waals surface area (Å²) in [6.45, 7) is 19.1. The fraction of sp³-hybridized carbons (Fsp3) is 0.702. The number of aldehydes is 1. The van der Waals surface area contributed by atoms with Gasteiger partial charge in [-0.05, 0) is 6.92 Å². The fourth-order valence-electron chi connectivity index (χ4n) is 12.8. The first kappa shape index (κ1) is 43.9. The second-order valence-corrected chi connectivity index (χ2v) is 26.0. The van der Waals surface area contributed by atoms with Gasteiger partial charge in [0.25, 0.3) is 0 Å². The van der Waals surface area contributed by atoms with E-state index in [9.17, 15) is 24.0 Å². The van der Waals surface area contributed by atoms with Crippen LogP contribution < -0.4 is 10.6 Å². The predicted molar refractivity (Wildman–Crippen MR) is 237 cm³/mol. The van der Waals surface area contributed by atoms with Gasteiger partial charge in [0.2, 0.25) is 0 Å². The number of hydrogen-bond donors (Lipinski definition) is 4. The molecular weight excluding hydrogens is 859 g/mol. The Morgan fingerprint density at radius 3 is 2.42 bits per heavy atom. The summed E-state index contributed by atoms with van der Waals surface area (Å²) < 4.78 is 9.32. The van der Waals surface area contributed by atoms with Gasteiger partial charge in [-0.2, -0.15) is 0 Å². The molecule has 6 aliphatic rings. The summed E-state index contributed by atoms with van der Waals surface area (Å²) in [5.41, 5.74) is 1.39. The molecule has 3 heterocycles. The number of fused-ring (bicyclic) bond motifs is 8. The number of ether oxygens (including phenoxy) is 1. The Balaban J connectivity index is 0.00000260. The number of esters is 1. The Bertz CT molecular complexity index is 2060. The van der Waals surface area contributed by atoms with Crippen LogP contribution in [0.3, 0.4) is 0 Å². The minimum atomic E-state index is -1.98. The number of allylic oxidation sites excluding steroid dienone is 1. The maximum absolute atomic E-state index is 14.4. The number of ketones is 1. The molecule has 1 aromatic heterocycles. The Morgan fingerprint density at radius 1 is 1.03 bits per heavy atom. The van der Waals surface area contributed by atoms with E-state index < -0.39 is 30.9 Å². The van der Waals surface area contributed by atoms with Gasteiger partial charge >= 0.3 is 329 Å². The Labute approximate surface area is 357 Å². The second-order valence-electron chi connectivity index (χ2n) is 20.1. The third-order valence-corrected chi connectivity index (χ3v) is 24.8. The molecule has 3 saturated carbocycles. The van der Waals surface area contributed by atoms with E-state index in [0.29, 0.717) is 34.2 Å². The van der Waals surface area contributed by atoms with Crippen molar-refractivity contribution < 1.29 is 33.8 Å². The normalized spacial score (nSPS) is 36.9. The Morgan fingerprint density at radius 2 is 1.75 bits per heavy atom. The molecule has 2 amide bonds. The summed E-state index contributed by atoms with van der Waals surface area (Å²) in [6, 6.07) is 5.31. The van der Waals surface area contributed by atoms with Crippen LogP contribution in [0.1, 0.15) is 129 Å². The van der Waals surface area contributed by atoms with Gasteiger partial charge in [-0.25, -0.2) is 0 Å². The van der Waals surface area contributed by atoms with Gasteiger partial charge in [-0.3, -0.25) is 0 Å². The number of aromatic nitrogens is 2. The van der Waals surface area contributed by atoms with E-state index in [1.165, 1.54) is 3.58 Å². The first-order valence-electron chi connectivity index (χ1n) is 22.0. The van der Waals surface area contributed by atoms with E-state index >= 15 is 0 Å². The standard InChI is InChI=1S/C46H63IN4O6.CH4O/c1-24(2)38-34(53)22-46(51-42(56)43(6,7)50-40(54)28-10-11-32-33(21-28)49-27(5)48-32)18-14-37-45(9)16-12-31-26(4)35(57-41(55)30-20-29(23-52)25(30)3)13-17-44(31,8)36(45)15-19-47(37)39(38)46;1-2/h10-11,21,23-26,29-31,35-37H,12-20,22H2,1-9H3,(H,48,49)(H,50,54)(H,51,56);2H,1H3. The van der Waals surface area contributed by atoms with Crippen LogP contribution in [0.2, 0.25) is 0 Å². The average Bonchev–Trinajstić information content (AvgIpc) is 3.71. The van der Waals surface area contributed by atoms with E-state index in [2.05, 4.69) is 55.2 Å². The van der Waals surface area contributed by atoms with Crippen molar-refractivity contribution in [2.75, 3.05) is 11.5 Å². The number of carbonyl (C=O) groups excluding carboxylic acids is 5. The number of halogens is 1. The Kier molecular flexibility index (Phi) is 11.9. The molecule has 2 saturated heterocycles. The number of Topliss-reactive ketones (excluding diaryl/α,β-unsaturated/α-hetero) is 1. The van der Waals surface area contributed by atoms with Crippen molar-refractivity contribution in [3.05, 3.63) is 38.7 Å². The summed E-state index contributed by atoms with van der Waals surface area (Å²) in [7, 11) is 1.00.